The van der Waals surface area contributed by atoms with Crippen LogP contribution in [0.1, 0.15) is 5.82 Å². The van der Waals surface area contributed by atoms with Crippen LogP contribution in [0.5, 0.6) is 0 Å². The first kappa shape index (κ1) is 13.2. The Hall–Kier alpha value is -3.21. The van der Waals surface area contributed by atoms with Crippen molar-refractivity contribution < 1.29 is 0 Å². The molecule has 0 aliphatic carbocycles. The number of hydrazone groups is 1. The number of nitrogens with one attached hydrogen (secondary N) is 2. The number of rotatable bonds is 4. The normalized spacial score (nSPS) is 10.9. The van der Waals surface area contributed by atoms with Crippen molar-refractivity contribution >= 4 is 17.2 Å². The van der Waals surface area contributed by atoms with Crippen LogP contribution in [0.2, 0.25) is 0 Å². The molecule has 0 spiro atoms. The van der Waals surface area contributed by atoms with Gasteiger partial charge in [0.25, 0.3) is 0 Å². The molecule has 2 aromatic rings. The van der Waals surface area contributed by atoms with Gasteiger partial charge in [-0.1, -0.05) is 0 Å². The average molecular weight is 268 g/mol. The van der Waals surface area contributed by atoms with Crippen LogP contribution < -0.4 is 11.2 Å². The summed E-state index contributed by atoms with van der Waals surface area (Å²) < 4.78 is 1.65. The van der Waals surface area contributed by atoms with Gasteiger partial charge in [-0.2, -0.15) is 15.5 Å². The number of nitrogens with zero attached hydrogens (tertiary/aromatic N) is 5. The lowest BCUT2D eigenvalue weighted by molar-refractivity contribution is 0.863. The van der Waals surface area contributed by atoms with E-state index >= 15 is 0 Å². The average Bonchev–Trinajstić information content (AvgIpc) is 2.86. The number of nitrogens with two attached hydrogens (primary N) is 1. The van der Waals surface area contributed by atoms with E-state index in [0.717, 1.165) is 5.69 Å². The number of nitriles is 1. The van der Waals surface area contributed by atoms with Crippen molar-refractivity contribution in [2.24, 2.45) is 10.8 Å². The predicted molar refractivity (Wildman–Crippen MR) is 74.7 cm³/mol. The monoisotopic (exact) mass is 268 g/mol. The number of amidine groups is 1. The van der Waals surface area contributed by atoms with E-state index in [9.17, 15) is 0 Å². The molecule has 4 N–H and O–H groups in total. The molecule has 8 heteroatoms. The molecule has 8 nitrogen and oxygen atoms in total. The van der Waals surface area contributed by atoms with Crippen molar-refractivity contribution in [3.8, 4) is 11.8 Å². The second-order valence-corrected chi connectivity index (χ2v) is 3.88. The molecule has 0 radical (unpaired) electrons. The summed E-state index contributed by atoms with van der Waals surface area (Å²) in [6.07, 6.45) is 1.62. The third-order valence-electron chi connectivity index (χ3n) is 2.40. The minimum atomic E-state index is -0.380. The Bertz CT molecular complexity index is 689. The van der Waals surface area contributed by atoms with Gasteiger partial charge in [-0.05, 0) is 31.2 Å². The van der Waals surface area contributed by atoms with Gasteiger partial charge >= 0.3 is 0 Å². The first-order chi connectivity index (χ1) is 9.60. The van der Waals surface area contributed by atoms with Gasteiger partial charge in [0, 0.05) is 0 Å². The van der Waals surface area contributed by atoms with E-state index in [4.69, 9.17) is 16.4 Å². The summed E-state index contributed by atoms with van der Waals surface area (Å²) in [6, 6.07) is 8.92. The maximum Gasteiger partial charge on any atom is 0.201 e. The first-order valence-corrected chi connectivity index (χ1v) is 5.67. The largest absolute Gasteiger partial charge is 0.382 e. The third kappa shape index (κ3) is 2.97. The van der Waals surface area contributed by atoms with Crippen molar-refractivity contribution in [3.05, 3.63) is 36.4 Å². The molecular formula is C12H12N8. The standard InChI is InChI=1S/C12H12N8/c1-8-16-7-20(19-8)10-4-2-9(3-5-10)17-18-11(6-13)12(14)15/h2-5,7,17H,1H3,(H3,14,15)/b18-11+. The molecule has 1 heterocycles. The fourth-order valence-electron chi connectivity index (χ4n) is 1.42. The van der Waals surface area contributed by atoms with Crippen LogP contribution in [-0.2, 0) is 0 Å². The van der Waals surface area contributed by atoms with Gasteiger partial charge in [0.2, 0.25) is 5.71 Å². The predicted octanol–water partition coefficient (Wildman–Crippen LogP) is 0.803. The second-order valence-electron chi connectivity index (χ2n) is 3.88. The van der Waals surface area contributed by atoms with Crippen LogP contribution >= 0.6 is 0 Å². The molecule has 0 unspecified atom stereocenters. The first-order valence-electron chi connectivity index (χ1n) is 5.67. The maximum absolute atomic E-state index is 8.71. The molecule has 0 aliphatic heterocycles. The molecule has 1 aromatic carbocycles. The van der Waals surface area contributed by atoms with Gasteiger partial charge in [-0.15, -0.1) is 0 Å². The number of aromatic nitrogens is 3. The summed E-state index contributed by atoms with van der Waals surface area (Å²) in [4.78, 5) is 4.05. The molecule has 100 valence electrons. The summed E-state index contributed by atoms with van der Waals surface area (Å²) >= 11 is 0. The molecule has 2 rings (SSSR count). The number of benzene rings is 1. The van der Waals surface area contributed by atoms with Crippen molar-refractivity contribution in [3.63, 3.8) is 0 Å². The summed E-state index contributed by atoms with van der Waals surface area (Å²) in [5.74, 6) is 0.312. The van der Waals surface area contributed by atoms with E-state index in [1.54, 1.807) is 29.2 Å². The lowest BCUT2D eigenvalue weighted by atomic mass is 10.3. The topological polar surface area (TPSA) is 129 Å². The van der Waals surface area contributed by atoms with Crippen LogP contribution in [0, 0.1) is 23.7 Å². The van der Waals surface area contributed by atoms with E-state index in [2.05, 4.69) is 20.6 Å². The summed E-state index contributed by atoms with van der Waals surface area (Å²) in [5, 5.41) is 23.8. The van der Waals surface area contributed by atoms with Gasteiger partial charge in [-0.25, -0.2) is 9.67 Å². The van der Waals surface area contributed by atoms with Gasteiger partial charge in [0.15, 0.2) is 5.84 Å². The molecule has 20 heavy (non-hydrogen) atoms. The zero-order chi connectivity index (χ0) is 14.5. The van der Waals surface area contributed by atoms with Crippen molar-refractivity contribution in [1.29, 1.82) is 10.7 Å². The smallest absolute Gasteiger partial charge is 0.201 e. The van der Waals surface area contributed by atoms with Gasteiger partial charge in [0.05, 0.1) is 11.4 Å². The number of hydrogen-bond donors (Lipinski definition) is 3. The van der Waals surface area contributed by atoms with E-state index in [0.29, 0.717) is 11.5 Å². The Kier molecular flexibility index (Phi) is 3.72. The highest BCUT2D eigenvalue weighted by Gasteiger charge is 2.02. The van der Waals surface area contributed by atoms with Crippen molar-refractivity contribution in [1.82, 2.24) is 14.8 Å². The lowest BCUT2D eigenvalue weighted by Gasteiger charge is -2.03. The molecule has 0 saturated carbocycles. The Balaban J connectivity index is 2.13. The molecule has 1 aromatic heterocycles. The van der Waals surface area contributed by atoms with Crippen LogP contribution in [-0.4, -0.2) is 26.3 Å². The molecule has 0 atom stereocenters. The van der Waals surface area contributed by atoms with Gasteiger partial charge < -0.3 is 5.73 Å². The van der Waals surface area contributed by atoms with Crippen LogP contribution in [0.4, 0.5) is 5.69 Å². The maximum atomic E-state index is 8.71. The quantitative estimate of drug-likeness (QED) is 0.429. The van der Waals surface area contributed by atoms with Crippen molar-refractivity contribution in [2.75, 3.05) is 5.43 Å². The fourth-order valence-corrected chi connectivity index (χ4v) is 1.42. The van der Waals surface area contributed by atoms with Crippen LogP contribution in [0.15, 0.2) is 35.7 Å². The zero-order valence-electron chi connectivity index (χ0n) is 10.7. The molecular weight excluding hydrogens is 256 g/mol. The highest BCUT2D eigenvalue weighted by Crippen LogP contribution is 2.12. The Morgan fingerprint density at radius 1 is 1.45 bits per heavy atom. The fraction of sp³-hybridized carbons (Fsp3) is 0.0833. The van der Waals surface area contributed by atoms with Crippen molar-refractivity contribution in [2.45, 2.75) is 6.92 Å². The minimum absolute atomic E-state index is 0.166. The number of anilines is 1. The zero-order valence-corrected chi connectivity index (χ0v) is 10.7. The summed E-state index contributed by atoms with van der Waals surface area (Å²) in [7, 11) is 0. The Labute approximate surface area is 115 Å². The van der Waals surface area contributed by atoms with Crippen LogP contribution in [0.25, 0.3) is 5.69 Å². The molecule has 0 fully saturated rings. The third-order valence-corrected chi connectivity index (χ3v) is 2.40. The number of hydrogen-bond acceptors (Lipinski definition) is 6. The Morgan fingerprint density at radius 2 is 2.15 bits per heavy atom. The van der Waals surface area contributed by atoms with Crippen LogP contribution in [0.3, 0.4) is 0 Å². The van der Waals surface area contributed by atoms with Gasteiger partial charge in [-0.3, -0.25) is 10.8 Å². The minimum Gasteiger partial charge on any atom is -0.382 e. The van der Waals surface area contributed by atoms with E-state index in [-0.39, 0.29) is 11.5 Å². The SMILES string of the molecule is Cc1ncn(-c2ccc(N/N=C(\C#N)C(=N)N)cc2)n1. The van der Waals surface area contributed by atoms with E-state index in [1.165, 1.54) is 0 Å². The molecule has 0 saturated heterocycles. The molecule has 0 bridgehead atoms. The summed E-state index contributed by atoms with van der Waals surface area (Å²) in [5.41, 5.74) is 9.20. The lowest BCUT2D eigenvalue weighted by Crippen LogP contribution is -2.21. The van der Waals surface area contributed by atoms with E-state index < -0.39 is 0 Å². The van der Waals surface area contributed by atoms with Gasteiger partial charge in [0.1, 0.15) is 18.2 Å². The highest BCUT2D eigenvalue weighted by molar-refractivity contribution is 6.45. The number of aryl methyl sites for hydroxylation is 1. The molecule has 0 aliphatic rings. The summed E-state index contributed by atoms with van der Waals surface area (Å²) in [6.45, 7) is 1.81. The highest BCUT2D eigenvalue weighted by atomic mass is 15.3. The van der Waals surface area contributed by atoms with E-state index in [1.807, 2.05) is 19.1 Å². The Morgan fingerprint density at radius 3 is 2.65 bits per heavy atom. The molecule has 0 amide bonds. The second kappa shape index (κ2) is 5.62.